The van der Waals surface area contributed by atoms with Crippen molar-refractivity contribution in [3.63, 3.8) is 0 Å². The predicted octanol–water partition coefficient (Wildman–Crippen LogP) is 3.26. The van der Waals surface area contributed by atoms with Gasteiger partial charge in [0.25, 0.3) is 0 Å². The molecule has 1 aliphatic rings. The van der Waals surface area contributed by atoms with Crippen LogP contribution < -0.4 is 25.4 Å². The molecule has 0 unspecified atom stereocenters. The van der Waals surface area contributed by atoms with Gasteiger partial charge in [0, 0.05) is 31.0 Å². The van der Waals surface area contributed by atoms with Crippen molar-refractivity contribution in [3.05, 3.63) is 42.1 Å². The van der Waals surface area contributed by atoms with Crippen molar-refractivity contribution in [3.8, 4) is 11.5 Å². The van der Waals surface area contributed by atoms with Gasteiger partial charge in [0.2, 0.25) is 0 Å². The highest BCUT2D eigenvalue weighted by atomic mass is 16.5. The molecule has 1 saturated heterocycles. The second kappa shape index (κ2) is 9.30. The number of rotatable bonds is 6. The van der Waals surface area contributed by atoms with Crippen LogP contribution in [0.3, 0.4) is 0 Å². The van der Waals surface area contributed by atoms with Gasteiger partial charge in [-0.1, -0.05) is 13.0 Å². The molecule has 3 N–H and O–H groups in total. The minimum Gasteiger partial charge on any atom is -0.493 e. The van der Waals surface area contributed by atoms with Crippen molar-refractivity contribution in [1.29, 1.82) is 0 Å². The fourth-order valence-corrected chi connectivity index (χ4v) is 3.21. The number of nitrogens with two attached hydrogens (primary N) is 1. The minimum atomic E-state index is 0.335. The summed E-state index contributed by atoms with van der Waals surface area (Å²) in [4.78, 5) is 11.3. The second-order valence-corrected chi connectivity index (χ2v) is 7.09. The maximum Gasteiger partial charge on any atom is 0.193 e. The van der Waals surface area contributed by atoms with Crippen LogP contribution in [0.5, 0.6) is 11.5 Å². The van der Waals surface area contributed by atoms with E-state index in [-0.39, 0.29) is 0 Å². The first-order valence-corrected chi connectivity index (χ1v) is 9.58. The SMILES string of the molecule is COc1ccc(NC(N)=NCc2ccc(N3CCC(C)CC3)nc2)cc1OC. The van der Waals surface area contributed by atoms with E-state index < -0.39 is 0 Å². The Balaban J connectivity index is 1.57. The smallest absolute Gasteiger partial charge is 0.193 e. The van der Waals surface area contributed by atoms with Gasteiger partial charge in [-0.15, -0.1) is 0 Å². The molecule has 150 valence electrons. The van der Waals surface area contributed by atoms with Gasteiger partial charge in [-0.05, 0) is 42.5 Å². The number of methoxy groups -OCH3 is 2. The average molecular weight is 383 g/mol. The topological polar surface area (TPSA) is 85.0 Å². The first-order valence-electron chi connectivity index (χ1n) is 9.58. The molecule has 0 spiro atoms. The molecule has 7 heteroatoms. The zero-order valence-electron chi connectivity index (χ0n) is 16.8. The third-order valence-electron chi connectivity index (χ3n) is 5.00. The molecule has 0 amide bonds. The Morgan fingerprint density at radius 1 is 1.18 bits per heavy atom. The van der Waals surface area contributed by atoms with Crippen LogP contribution in [0.1, 0.15) is 25.3 Å². The molecule has 0 bridgehead atoms. The van der Waals surface area contributed by atoms with Gasteiger partial charge in [0.1, 0.15) is 5.82 Å². The van der Waals surface area contributed by atoms with Gasteiger partial charge in [-0.25, -0.2) is 9.98 Å². The Hall–Kier alpha value is -2.96. The number of hydrogen-bond donors (Lipinski definition) is 2. The van der Waals surface area contributed by atoms with Crippen LogP contribution in [-0.4, -0.2) is 38.3 Å². The van der Waals surface area contributed by atoms with Crippen LogP contribution in [0, 0.1) is 5.92 Å². The molecule has 0 saturated carbocycles. The lowest BCUT2D eigenvalue weighted by Gasteiger charge is -2.31. The molecule has 0 aliphatic carbocycles. The van der Waals surface area contributed by atoms with Crippen LogP contribution in [0.25, 0.3) is 0 Å². The molecular weight excluding hydrogens is 354 g/mol. The highest BCUT2D eigenvalue weighted by Crippen LogP contribution is 2.29. The number of aliphatic imine (C=N–C) groups is 1. The van der Waals surface area contributed by atoms with E-state index >= 15 is 0 Å². The summed E-state index contributed by atoms with van der Waals surface area (Å²) in [6, 6.07) is 9.63. The molecule has 1 aromatic carbocycles. The average Bonchev–Trinajstić information content (AvgIpc) is 2.73. The summed E-state index contributed by atoms with van der Waals surface area (Å²) in [7, 11) is 3.20. The number of piperidine rings is 1. The third kappa shape index (κ3) is 5.06. The Bertz CT molecular complexity index is 799. The number of anilines is 2. The number of nitrogens with zero attached hydrogens (tertiary/aromatic N) is 3. The Morgan fingerprint density at radius 2 is 1.93 bits per heavy atom. The number of pyridine rings is 1. The largest absolute Gasteiger partial charge is 0.493 e. The Morgan fingerprint density at radius 3 is 2.57 bits per heavy atom. The van der Waals surface area contributed by atoms with Crippen molar-refractivity contribution in [2.24, 2.45) is 16.6 Å². The Labute approximate surface area is 166 Å². The number of nitrogens with one attached hydrogen (secondary N) is 1. The van der Waals surface area contributed by atoms with E-state index in [1.165, 1.54) is 12.8 Å². The number of benzene rings is 1. The van der Waals surface area contributed by atoms with E-state index in [4.69, 9.17) is 15.2 Å². The van der Waals surface area contributed by atoms with Crippen molar-refractivity contribution in [2.45, 2.75) is 26.3 Å². The van der Waals surface area contributed by atoms with Gasteiger partial charge >= 0.3 is 0 Å². The molecule has 2 aromatic rings. The molecule has 2 heterocycles. The van der Waals surface area contributed by atoms with Gasteiger partial charge < -0.3 is 25.4 Å². The highest BCUT2D eigenvalue weighted by Gasteiger charge is 2.16. The lowest BCUT2D eigenvalue weighted by atomic mass is 9.99. The first kappa shape index (κ1) is 19.8. The van der Waals surface area contributed by atoms with E-state index in [9.17, 15) is 0 Å². The van der Waals surface area contributed by atoms with Gasteiger partial charge in [0.05, 0.1) is 20.8 Å². The number of guanidine groups is 1. The highest BCUT2D eigenvalue weighted by molar-refractivity contribution is 5.92. The van der Waals surface area contributed by atoms with Gasteiger partial charge in [-0.2, -0.15) is 0 Å². The van der Waals surface area contributed by atoms with Gasteiger partial charge in [-0.3, -0.25) is 0 Å². The molecule has 1 aromatic heterocycles. The fraction of sp³-hybridized carbons (Fsp3) is 0.429. The zero-order valence-corrected chi connectivity index (χ0v) is 16.8. The fourth-order valence-electron chi connectivity index (χ4n) is 3.21. The molecule has 7 nitrogen and oxygen atoms in total. The van der Waals surface area contributed by atoms with Crippen LogP contribution in [0.4, 0.5) is 11.5 Å². The summed E-state index contributed by atoms with van der Waals surface area (Å²) in [5.41, 5.74) is 7.82. The van der Waals surface area contributed by atoms with E-state index in [1.807, 2.05) is 24.4 Å². The lowest BCUT2D eigenvalue weighted by molar-refractivity contribution is 0.355. The molecule has 1 fully saturated rings. The lowest BCUT2D eigenvalue weighted by Crippen LogP contribution is -2.33. The van der Waals surface area contributed by atoms with Crippen LogP contribution in [0.2, 0.25) is 0 Å². The quantitative estimate of drug-likeness (QED) is 0.588. The normalized spacial score (nSPS) is 15.4. The summed E-state index contributed by atoms with van der Waals surface area (Å²) in [6.07, 6.45) is 4.33. The summed E-state index contributed by atoms with van der Waals surface area (Å²) in [5, 5.41) is 3.07. The second-order valence-electron chi connectivity index (χ2n) is 7.09. The van der Waals surface area contributed by atoms with Crippen molar-refractivity contribution in [2.75, 3.05) is 37.5 Å². The zero-order chi connectivity index (χ0) is 19.9. The van der Waals surface area contributed by atoms with E-state index in [0.29, 0.717) is 24.0 Å². The maximum absolute atomic E-state index is 6.01. The number of aromatic nitrogens is 1. The molecule has 0 radical (unpaired) electrons. The molecular formula is C21H29N5O2. The van der Waals surface area contributed by atoms with E-state index in [0.717, 1.165) is 36.1 Å². The minimum absolute atomic E-state index is 0.335. The van der Waals surface area contributed by atoms with Crippen molar-refractivity contribution in [1.82, 2.24) is 4.98 Å². The molecule has 28 heavy (non-hydrogen) atoms. The van der Waals surface area contributed by atoms with E-state index in [1.54, 1.807) is 14.2 Å². The first-order chi connectivity index (χ1) is 13.6. The van der Waals surface area contributed by atoms with Crippen molar-refractivity contribution < 1.29 is 9.47 Å². The van der Waals surface area contributed by atoms with E-state index in [2.05, 4.69) is 39.2 Å². The number of ether oxygens (including phenoxy) is 2. The maximum atomic E-state index is 6.01. The molecule has 1 aliphatic heterocycles. The summed E-state index contributed by atoms with van der Waals surface area (Å²) in [6.45, 7) is 4.94. The summed E-state index contributed by atoms with van der Waals surface area (Å²) >= 11 is 0. The summed E-state index contributed by atoms with van der Waals surface area (Å²) in [5.74, 6) is 3.48. The van der Waals surface area contributed by atoms with Crippen LogP contribution in [0.15, 0.2) is 41.5 Å². The Kier molecular flexibility index (Phi) is 6.57. The van der Waals surface area contributed by atoms with Crippen LogP contribution >= 0.6 is 0 Å². The number of hydrogen-bond acceptors (Lipinski definition) is 5. The predicted molar refractivity (Wildman–Crippen MR) is 113 cm³/mol. The third-order valence-corrected chi connectivity index (χ3v) is 5.00. The van der Waals surface area contributed by atoms with Gasteiger partial charge in [0.15, 0.2) is 17.5 Å². The molecule has 0 atom stereocenters. The standard InChI is InChI=1S/C21H29N5O2/c1-15-8-10-26(11-9-15)20-7-4-16(13-23-20)14-24-21(22)25-17-5-6-18(27-2)19(12-17)28-3/h4-7,12-13,15H,8-11,14H2,1-3H3,(H3,22,24,25). The summed E-state index contributed by atoms with van der Waals surface area (Å²) < 4.78 is 10.5. The monoisotopic (exact) mass is 383 g/mol. The molecule has 3 rings (SSSR count). The van der Waals surface area contributed by atoms with Crippen molar-refractivity contribution >= 4 is 17.5 Å². The van der Waals surface area contributed by atoms with Crippen LogP contribution in [-0.2, 0) is 6.54 Å².